The van der Waals surface area contributed by atoms with Gasteiger partial charge in [0.1, 0.15) is 5.82 Å². The van der Waals surface area contributed by atoms with Gasteiger partial charge in [0.2, 0.25) is 0 Å². The van der Waals surface area contributed by atoms with Gasteiger partial charge in [-0.25, -0.2) is 8.78 Å². The molecule has 0 spiro atoms. The van der Waals surface area contributed by atoms with Crippen LogP contribution >= 0.6 is 15.9 Å². The first-order valence-corrected chi connectivity index (χ1v) is 8.54. The molecule has 2 aromatic carbocycles. The second-order valence-corrected chi connectivity index (χ2v) is 6.74. The van der Waals surface area contributed by atoms with Crippen LogP contribution in [-0.2, 0) is 12.1 Å². The van der Waals surface area contributed by atoms with Crippen molar-refractivity contribution < 1.29 is 35.1 Å². The lowest BCUT2D eigenvalue weighted by molar-refractivity contribution is -0.348. The average Bonchev–Trinajstić information content (AvgIpc) is 2.53. The number of benzene rings is 2. The number of rotatable bonds is 4. The number of hydrogen-bond acceptors (Lipinski definition) is 0. The molecule has 0 bridgehead atoms. The van der Waals surface area contributed by atoms with E-state index in [4.69, 9.17) is 0 Å². The largest absolute Gasteiger partial charge is 0.435 e. The van der Waals surface area contributed by atoms with Gasteiger partial charge in [-0.3, -0.25) is 0 Å². The zero-order valence-corrected chi connectivity index (χ0v) is 15.4. The molecule has 27 heavy (non-hydrogen) atoms. The van der Waals surface area contributed by atoms with E-state index in [2.05, 4.69) is 15.9 Å². The van der Waals surface area contributed by atoms with Crippen molar-refractivity contribution in [3.63, 3.8) is 0 Å². The van der Waals surface area contributed by atoms with E-state index >= 15 is 0 Å². The summed E-state index contributed by atoms with van der Waals surface area (Å²) in [5, 5.41) is 0. The molecule has 2 aromatic rings. The van der Waals surface area contributed by atoms with Gasteiger partial charge in [0.15, 0.2) is 0 Å². The Balaban J connectivity index is 2.97. The topological polar surface area (TPSA) is 0 Å². The SMILES string of the molecule is CCCc1cc(Br)c(-c2ccccc2F)c(C(F)(C(F)(F)F)C(F)(F)F)c1. The molecule has 0 nitrogen and oxygen atoms in total. The summed E-state index contributed by atoms with van der Waals surface area (Å²) in [5.41, 5.74) is -8.69. The van der Waals surface area contributed by atoms with Crippen molar-refractivity contribution in [2.45, 2.75) is 37.8 Å². The number of alkyl halides is 7. The third-order valence-corrected chi connectivity index (χ3v) is 4.61. The summed E-state index contributed by atoms with van der Waals surface area (Å²) in [4.78, 5) is 0. The molecule has 0 aliphatic rings. The Kier molecular flexibility index (Phi) is 5.94. The second-order valence-electron chi connectivity index (χ2n) is 5.88. The highest BCUT2D eigenvalue weighted by atomic mass is 79.9. The molecule has 0 unspecified atom stereocenters. The molecule has 0 fully saturated rings. The van der Waals surface area contributed by atoms with Crippen molar-refractivity contribution in [2.75, 3.05) is 0 Å². The van der Waals surface area contributed by atoms with Gasteiger partial charge in [-0.2, -0.15) is 26.3 Å². The highest BCUT2D eigenvalue weighted by Crippen LogP contribution is 2.56. The number of aryl methyl sites for hydroxylation is 1. The van der Waals surface area contributed by atoms with Gasteiger partial charge in [-0.05, 0) is 24.1 Å². The van der Waals surface area contributed by atoms with Crippen LogP contribution in [0.15, 0.2) is 40.9 Å². The molecular weight excluding hydrogens is 448 g/mol. The van der Waals surface area contributed by atoms with Gasteiger partial charge in [-0.1, -0.05) is 53.5 Å². The van der Waals surface area contributed by atoms with Crippen LogP contribution in [0.3, 0.4) is 0 Å². The lowest BCUT2D eigenvalue weighted by atomic mass is 9.85. The Morgan fingerprint density at radius 1 is 0.889 bits per heavy atom. The molecule has 0 amide bonds. The van der Waals surface area contributed by atoms with E-state index in [1.807, 2.05) is 0 Å². The van der Waals surface area contributed by atoms with E-state index in [-0.39, 0.29) is 16.5 Å². The number of halogens is 9. The molecule has 0 aliphatic heterocycles. The minimum Gasteiger partial charge on any atom is -0.218 e. The van der Waals surface area contributed by atoms with Gasteiger partial charge in [0, 0.05) is 21.2 Å². The predicted molar refractivity (Wildman–Crippen MR) is 88.4 cm³/mol. The lowest BCUT2D eigenvalue weighted by Gasteiger charge is -2.32. The molecule has 0 saturated carbocycles. The van der Waals surface area contributed by atoms with Crippen LogP contribution in [0.1, 0.15) is 24.5 Å². The van der Waals surface area contributed by atoms with Crippen molar-refractivity contribution in [1.29, 1.82) is 0 Å². The molecule has 2 rings (SSSR count). The summed E-state index contributed by atoms with van der Waals surface area (Å²) in [6, 6.07) is 6.08. The molecule has 0 radical (unpaired) electrons. The quantitative estimate of drug-likeness (QED) is 0.414. The predicted octanol–water partition coefficient (Wildman–Crippen LogP) is 7.50. The fourth-order valence-electron chi connectivity index (χ4n) is 2.77. The van der Waals surface area contributed by atoms with Crippen molar-refractivity contribution >= 4 is 15.9 Å². The maximum Gasteiger partial charge on any atom is 0.435 e. The van der Waals surface area contributed by atoms with Crippen molar-refractivity contribution in [1.82, 2.24) is 0 Å². The monoisotopic (exact) mass is 460 g/mol. The minimum atomic E-state index is -6.30. The third-order valence-electron chi connectivity index (χ3n) is 3.98. The molecule has 0 aliphatic carbocycles. The van der Waals surface area contributed by atoms with Crippen molar-refractivity contribution in [3.05, 3.63) is 57.8 Å². The Morgan fingerprint density at radius 3 is 1.93 bits per heavy atom. The van der Waals surface area contributed by atoms with Crippen molar-refractivity contribution in [2.24, 2.45) is 0 Å². The van der Waals surface area contributed by atoms with Gasteiger partial charge < -0.3 is 0 Å². The van der Waals surface area contributed by atoms with Crippen molar-refractivity contribution in [3.8, 4) is 11.1 Å². The van der Waals surface area contributed by atoms with Gasteiger partial charge >= 0.3 is 18.0 Å². The van der Waals surface area contributed by atoms with Crippen LogP contribution < -0.4 is 0 Å². The van der Waals surface area contributed by atoms with Crippen LogP contribution in [0.4, 0.5) is 35.1 Å². The number of hydrogen-bond donors (Lipinski definition) is 0. The van der Waals surface area contributed by atoms with Crippen LogP contribution in [0.2, 0.25) is 0 Å². The third kappa shape index (κ3) is 3.83. The standard InChI is InChI=1S/C18H13BrF8/c1-2-5-10-8-12(16(21,17(22,23)24)18(25,26)27)15(13(19)9-10)11-6-3-4-7-14(11)20/h3-4,6-9H,2,5H2,1H3. The molecular formula is C18H13BrF8. The fraction of sp³-hybridized carbons (Fsp3) is 0.333. The van der Waals surface area contributed by atoms with Crippen LogP contribution in [0.5, 0.6) is 0 Å². The minimum absolute atomic E-state index is 0.0648. The highest BCUT2D eigenvalue weighted by molar-refractivity contribution is 9.10. The first kappa shape index (κ1) is 21.7. The summed E-state index contributed by atoms with van der Waals surface area (Å²) >= 11 is 2.90. The summed E-state index contributed by atoms with van der Waals surface area (Å²) in [6.45, 7) is 1.66. The fourth-order valence-corrected chi connectivity index (χ4v) is 3.49. The van der Waals surface area contributed by atoms with Gasteiger partial charge in [0.05, 0.1) is 0 Å². The Hall–Kier alpha value is -1.64. The second kappa shape index (κ2) is 7.41. The van der Waals surface area contributed by atoms with E-state index in [9.17, 15) is 35.1 Å². The van der Waals surface area contributed by atoms with E-state index < -0.39 is 40.5 Å². The molecule has 0 saturated heterocycles. The summed E-state index contributed by atoms with van der Waals surface area (Å²) in [5.74, 6) is -1.07. The zero-order valence-electron chi connectivity index (χ0n) is 13.8. The Morgan fingerprint density at radius 2 is 1.44 bits per heavy atom. The van der Waals surface area contributed by atoms with Crippen LogP contribution in [0.25, 0.3) is 11.1 Å². The molecule has 148 valence electrons. The van der Waals surface area contributed by atoms with Crippen LogP contribution in [0, 0.1) is 5.82 Å². The summed E-state index contributed by atoms with van der Waals surface area (Å²) < 4.78 is 109. The maximum absolute atomic E-state index is 14.8. The van der Waals surface area contributed by atoms with Gasteiger partial charge in [-0.15, -0.1) is 0 Å². The lowest BCUT2D eigenvalue weighted by Crippen LogP contribution is -2.50. The van der Waals surface area contributed by atoms with Gasteiger partial charge in [0.25, 0.3) is 0 Å². The Labute approximate surface area is 158 Å². The maximum atomic E-state index is 14.8. The first-order valence-electron chi connectivity index (χ1n) is 7.74. The summed E-state index contributed by atoms with van der Waals surface area (Å²) in [7, 11) is 0. The average molecular weight is 461 g/mol. The Bertz CT molecular complexity index is 809. The van der Waals surface area contributed by atoms with E-state index in [1.165, 1.54) is 18.2 Å². The molecule has 0 heterocycles. The smallest absolute Gasteiger partial charge is 0.218 e. The summed E-state index contributed by atoms with van der Waals surface area (Å²) in [6.07, 6.45) is -12.1. The normalized spacial score (nSPS) is 13.1. The van der Waals surface area contributed by atoms with E-state index in [0.717, 1.165) is 12.1 Å². The molecule has 0 aromatic heterocycles. The van der Waals surface area contributed by atoms with E-state index in [1.54, 1.807) is 6.92 Å². The molecule has 9 heteroatoms. The highest BCUT2D eigenvalue weighted by Gasteiger charge is 2.74. The zero-order chi connectivity index (χ0) is 20.6. The molecule has 0 N–H and O–H groups in total. The van der Waals surface area contributed by atoms with E-state index in [0.29, 0.717) is 12.5 Å². The molecule has 0 atom stereocenters. The first-order chi connectivity index (χ1) is 12.3. The van der Waals surface area contributed by atoms with Crippen LogP contribution in [-0.4, -0.2) is 12.4 Å².